The molecule has 2 heterocycles. The number of nitrogens with zero attached hydrogens (tertiary/aromatic N) is 1. The highest BCUT2D eigenvalue weighted by atomic mass is 32.1. The first-order valence-electron chi connectivity index (χ1n) is 6.14. The zero-order valence-corrected chi connectivity index (χ0v) is 11.2. The summed E-state index contributed by atoms with van der Waals surface area (Å²) in [6, 6.07) is 3.68. The molecule has 0 bridgehead atoms. The quantitative estimate of drug-likeness (QED) is 0.877. The van der Waals surface area contributed by atoms with E-state index in [0.717, 1.165) is 12.2 Å². The Morgan fingerprint density at radius 3 is 3.05 bits per heavy atom. The Morgan fingerprint density at radius 1 is 1.55 bits per heavy atom. The fraction of sp³-hybridized carbons (Fsp3) is 0.308. The van der Waals surface area contributed by atoms with Gasteiger partial charge in [-0.3, -0.25) is 4.79 Å². The summed E-state index contributed by atoms with van der Waals surface area (Å²) >= 11 is 1.23. The molecule has 1 amide bonds. The molecule has 104 valence electrons. The molecule has 20 heavy (non-hydrogen) atoms. The van der Waals surface area contributed by atoms with Gasteiger partial charge in [0.25, 0.3) is 0 Å². The molecule has 1 aliphatic rings. The number of carboxylic acids is 1. The summed E-state index contributed by atoms with van der Waals surface area (Å²) in [5, 5.41) is 13.6. The molecule has 0 aliphatic heterocycles. The van der Waals surface area contributed by atoms with Gasteiger partial charge in [-0.1, -0.05) is 0 Å². The maximum atomic E-state index is 11.9. The van der Waals surface area contributed by atoms with E-state index in [1.807, 2.05) is 12.1 Å². The number of carboxylic acid groups (broad SMARTS) is 1. The molecule has 6 nitrogen and oxygen atoms in total. The molecule has 2 aromatic rings. The Morgan fingerprint density at radius 2 is 2.40 bits per heavy atom. The molecule has 1 fully saturated rings. The number of rotatable bonds is 5. The summed E-state index contributed by atoms with van der Waals surface area (Å²) < 4.78 is 5.27. The highest BCUT2D eigenvalue weighted by Crippen LogP contribution is 2.47. The van der Waals surface area contributed by atoms with Gasteiger partial charge in [-0.05, 0) is 18.6 Å². The minimum Gasteiger partial charge on any atom is -0.476 e. The van der Waals surface area contributed by atoms with E-state index in [4.69, 9.17) is 9.52 Å². The smallest absolute Gasteiger partial charge is 0.355 e. The lowest BCUT2D eigenvalue weighted by Gasteiger charge is -2.01. The molecule has 0 aromatic carbocycles. The van der Waals surface area contributed by atoms with Crippen molar-refractivity contribution in [2.24, 2.45) is 5.92 Å². The maximum absolute atomic E-state index is 11.9. The van der Waals surface area contributed by atoms with Crippen molar-refractivity contribution in [1.29, 1.82) is 0 Å². The van der Waals surface area contributed by atoms with Crippen LogP contribution in [0.25, 0.3) is 0 Å². The molecule has 2 N–H and O–H groups in total. The standard InChI is InChI=1S/C13H12N2O4S/c16-12(8-4-7(8)10-2-1-3-19-10)14-5-11-15-9(6-20-11)13(17)18/h1-3,6-8H,4-5H2,(H,14,16)(H,17,18)/t7-,8+/m1/s1. The summed E-state index contributed by atoms with van der Waals surface area (Å²) in [6.45, 7) is 0.262. The van der Waals surface area contributed by atoms with Crippen molar-refractivity contribution in [3.8, 4) is 0 Å². The number of thiazole rings is 1. The number of amides is 1. The molecule has 0 radical (unpaired) electrons. The predicted octanol–water partition coefficient (Wildman–Crippen LogP) is 1.85. The van der Waals surface area contributed by atoms with Gasteiger partial charge in [-0.15, -0.1) is 11.3 Å². The van der Waals surface area contributed by atoms with Crippen molar-refractivity contribution < 1.29 is 19.1 Å². The average molecular weight is 292 g/mol. The van der Waals surface area contributed by atoms with Crippen molar-refractivity contribution in [3.63, 3.8) is 0 Å². The molecule has 2 atom stereocenters. The van der Waals surface area contributed by atoms with Gasteiger partial charge in [0.2, 0.25) is 5.91 Å². The van der Waals surface area contributed by atoms with Crippen molar-refractivity contribution in [2.75, 3.05) is 0 Å². The Balaban J connectivity index is 1.51. The SMILES string of the molecule is O=C(O)c1csc(CNC(=O)[C@H]2C[C@H]2c2ccco2)n1. The minimum atomic E-state index is -1.06. The first-order valence-corrected chi connectivity index (χ1v) is 7.02. The van der Waals surface area contributed by atoms with Crippen molar-refractivity contribution in [1.82, 2.24) is 10.3 Å². The lowest BCUT2D eigenvalue weighted by atomic mass is 10.2. The van der Waals surface area contributed by atoms with Gasteiger partial charge in [0.05, 0.1) is 12.8 Å². The second kappa shape index (κ2) is 5.09. The summed E-state index contributed by atoms with van der Waals surface area (Å²) in [7, 11) is 0. The van der Waals surface area contributed by atoms with Crippen LogP contribution in [0.3, 0.4) is 0 Å². The van der Waals surface area contributed by atoms with Gasteiger partial charge in [0.1, 0.15) is 10.8 Å². The summed E-state index contributed by atoms with van der Waals surface area (Å²) in [6.07, 6.45) is 2.39. The molecule has 1 saturated carbocycles. The van der Waals surface area contributed by atoms with Crippen LogP contribution in [-0.4, -0.2) is 22.0 Å². The van der Waals surface area contributed by atoms with Crippen LogP contribution >= 0.6 is 11.3 Å². The number of carbonyl (C=O) groups is 2. The highest BCUT2D eigenvalue weighted by molar-refractivity contribution is 7.09. The predicted molar refractivity (Wildman–Crippen MR) is 70.5 cm³/mol. The van der Waals surface area contributed by atoms with Crippen LogP contribution in [-0.2, 0) is 11.3 Å². The first-order chi connectivity index (χ1) is 9.65. The summed E-state index contributed by atoms with van der Waals surface area (Å²) in [4.78, 5) is 26.5. The van der Waals surface area contributed by atoms with Crippen LogP contribution in [0.4, 0.5) is 0 Å². The monoisotopic (exact) mass is 292 g/mol. The molecular formula is C13H12N2O4S. The Bertz CT molecular complexity index is 635. The fourth-order valence-corrected chi connectivity index (χ4v) is 2.79. The molecular weight excluding hydrogens is 280 g/mol. The van der Waals surface area contributed by atoms with Crippen molar-refractivity contribution >= 4 is 23.2 Å². The number of hydrogen-bond acceptors (Lipinski definition) is 5. The van der Waals surface area contributed by atoms with Crippen LogP contribution in [0, 0.1) is 5.92 Å². The molecule has 2 aromatic heterocycles. The zero-order valence-electron chi connectivity index (χ0n) is 10.4. The van der Waals surface area contributed by atoms with E-state index in [1.54, 1.807) is 6.26 Å². The lowest BCUT2D eigenvalue weighted by molar-refractivity contribution is -0.122. The van der Waals surface area contributed by atoms with Gasteiger partial charge in [0, 0.05) is 17.2 Å². The van der Waals surface area contributed by atoms with Crippen molar-refractivity contribution in [3.05, 3.63) is 40.2 Å². The normalized spacial score (nSPS) is 20.6. The van der Waals surface area contributed by atoms with E-state index in [9.17, 15) is 9.59 Å². The van der Waals surface area contributed by atoms with E-state index < -0.39 is 5.97 Å². The number of furan rings is 1. The van der Waals surface area contributed by atoms with Gasteiger partial charge in [-0.2, -0.15) is 0 Å². The average Bonchev–Trinajstić information content (AvgIpc) is 2.89. The number of nitrogens with one attached hydrogen (secondary N) is 1. The Hall–Kier alpha value is -2.15. The molecule has 3 rings (SSSR count). The molecule has 1 aliphatic carbocycles. The Labute approximate surface area is 118 Å². The van der Waals surface area contributed by atoms with E-state index in [-0.39, 0.29) is 30.0 Å². The summed E-state index contributed by atoms with van der Waals surface area (Å²) in [5.74, 6) is -0.152. The third-order valence-electron chi connectivity index (χ3n) is 3.22. The zero-order chi connectivity index (χ0) is 14.1. The molecule has 7 heteroatoms. The number of hydrogen-bond donors (Lipinski definition) is 2. The van der Waals surface area contributed by atoms with E-state index in [1.165, 1.54) is 16.7 Å². The summed E-state index contributed by atoms with van der Waals surface area (Å²) in [5.41, 5.74) is 0.0131. The van der Waals surface area contributed by atoms with Crippen LogP contribution in [0.5, 0.6) is 0 Å². The van der Waals surface area contributed by atoms with E-state index in [0.29, 0.717) is 5.01 Å². The van der Waals surface area contributed by atoms with Crippen LogP contribution < -0.4 is 5.32 Å². The Kier molecular flexibility index (Phi) is 3.27. The number of carbonyl (C=O) groups excluding carboxylic acids is 1. The molecule has 0 saturated heterocycles. The first kappa shape index (κ1) is 12.9. The number of aromatic carboxylic acids is 1. The fourth-order valence-electron chi connectivity index (χ4n) is 2.09. The third kappa shape index (κ3) is 2.57. The molecule has 0 unspecified atom stereocenters. The second-order valence-electron chi connectivity index (χ2n) is 4.61. The van der Waals surface area contributed by atoms with E-state index in [2.05, 4.69) is 10.3 Å². The third-order valence-corrected chi connectivity index (χ3v) is 4.07. The van der Waals surface area contributed by atoms with Gasteiger partial charge in [0.15, 0.2) is 5.69 Å². The van der Waals surface area contributed by atoms with Crippen molar-refractivity contribution in [2.45, 2.75) is 18.9 Å². The van der Waals surface area contributed by atoms with Gasteiger partial charge in [-0.25, -0.2) is 9.78 Å². The number of aromatic nitrogens is 1. The van der Waals surface area contributed by atoms with Crippen LogP contribution in [0.2, 0.25) is 0 Å². The largest absolute Gasteiger partial charge is 0.476 e. The van der Waals surface area contributed by atoms with Gasteiger partial charge < -0.3 is 14.8 Å². The highest BCUT2D eigenvalue weighted by Gasteiger charge is 2.45. The minimum absolute atomic E-state index is 0.0131. The van der Waals surface area contributed by atoms with Gasteiger partial charge >= 0.3 is 5.97 Å². The second-order valence-corrected chi connectivity index (χ2v) is 5.56. The topological polar surface area (TPSA) is 92.4 Å². The molecule has 0 spiro atoms. The van der Waals surface area contributed by atoms with E-state index >= 15 is 0 Å². The van der Waals surface area contributed by atoms with Crippen LogP contribution in [0.15, 0.2) is 28.2 Å². The maximum Gasteiger partial charge on any atom is 0.355 e. The lowest BCUT2D eigenvalue weighted by Crippen LogP contribution is -2.24. The van der Waals surface area contributed by atoms with Crippen LogP contribution in [0.1, 0.15) is 33.6 Å².